The van der Waals surface area contributed by atoms with Crippen molar-refractivity contribution in [3.05, 3.63) is 148 Å². The quantitative estimate of drug-likeness (QED) is 0.162. The molecule has 0 radical (unpaired) electrons. The number of hydrogen-bond acceptors (Lipinski definition) is 9. The number of amides is 2. The van der Waals surface area contributed by atoms with Gasteiger partial charge in [-0.15, -0.1) is 0 Å². The number of allylic oxidation sites excluding steroid dienone is 1. The minimum absolute atomic E-state index is 0.145. The second-order valence-electron chi connectivity index (χ2n) is 15.2. The first-order valence-electron chi connectivity index (χ1n) is 18.6. The van der Waals surface area contributed by atoms with Gasteiger partial charge in [0.15, 0.2) is 29.5 Å². The van der Waals surface area contributed by atoms with Gasteiger partial charge in [0.1, 0.15) is 23.2 Å². The molecule has 11 heteroatoms. The number of anilines is 1. The van der Waals surface area contributed by atoms with Crippen molar-refractivity contribution in [2.75, 3.05) is 5.32 Å². The molecule has 0 saturated carbocycles. The van der Waals surface area contributed by atoms with E-state index in [1.54, 1.807) is 30.5 Å². The molecule has 4 N–H and O–H groups in total. The van der Waals surface area contributed by atoms with E-state index in [9.17, 15) is 14.7 Å². The van der Waals surface area contributed by atoms with E-state index in [2.05, 4.69) is 58.4 Å². The molecule has 1 aliphatic carbocycles. The van der Waals surface area contributed by atoms with Crippen molar-refractivity contribution in [2.24, 2.45) is 5.92 Å². The van der Waals surface area contributed by atoms with Crippen molar-refractivity contribution < 1.29 is 28.3 Å². The molecule has 0 fully saturated rings. The van der Waals surface area contributed by atoms with E-state index >= 15 is 0 Å². The Morgan fingerprint density at radius 3 is 2.65 bits per heavy atom. The fourth-order valence-corrected chi connectivity index (χ4v) is 9.14. The summed E-state index contributed by atoms with van der Waals surface area (Å²) in [6, 6.07) is 25.5. The fraction of sp³-hybridized carbons (Fsp3) is 0.227. The van der Waals surface area contributed by atoms with Crippen LogP contribution in [-0.2, 0) is 27.8 Å². The summed E-state index contributed by atoms with van der Waals surface area (Å²) in [5.41, 5.74) is 8.62. The van der Waals surface area contributed by atoms with Crippen molar-refractivity contribution in [3.63, 3.8) is 0 Å². The maximum absolute atomic E-state index is 14.3. The first-order valence-corrected chi connectivity index (χ1v) is 18.6. The second-order valence-corrected chi connectivity index (χ2v) is 15.2. The summed E-state index contributed by atoms with van der Waals surface area (Å²) in [6.07, 6.45) is 2.74. The lowest BCUT2D eigenvalue weighted by Crippen LogP contribution is -2.50. The predicted octanol–water partition coefficient (Wildman–Crippen LogP) is 6.36. The third-order valence-electron chi connectivity index (χ3n) is 11.8. The molecule has 4 aliphatic heterocycles. The van der Waals surface area contributed by atoms with E-state index in [-0.39, 0.29) is 18.2 Å². The molecule has 11 rings (SSSR count). The first-order chi connectivity index (χ1) is 26.8. The SMILES string of the molecule is CC(C)[C@@H]1NC(=O)C(NC(=O)[C@@H](O)c2ccccc2)Cc2ccc3c(c2)C24c5cccc(c5N[C@H]2O3)-c2cccc3c2C(=CC3)c2cnc(o2)-c2nc1oc24. The average Bonchev–Trinajstić information content (AvgIpc) is 4.02. The van der Waals surface area contributed by atoms with E-state index in [0.29, 0.717) is 34.4 Å². The maximum atomic E-state index is 14.3. The fourth-order valence-electron chi connectivity index (χ4n) is 9.14. The highest BCUT2D eigenvalue weighted by molar-refractivity contribution is 5.97. The van der Waals surface area contributed by atoms with Crippen LogP contribution in [-0.4, -0.2) is 39.2 Å². The van der Waals surface area contributed by atoms with Crippen LogP contribution in [0.2, 0.25) is 0 Å². The Balaban J connectivity index is 1.16. The van der Waals surface area contributed by atoms with E-state index in [0.717, 1.165) is 51.1 Å². The highest BCUT2D eigenvalue weighted by atomic mass is 16.5. The second kappa shape index (κ2) is 11.5. The Hall–Kier alpha value is -6.46. The molecular weight excluding hydrogens is 695 g/mol. The molecule has 55 heavy (non-hydrogen) atoms. The van der Waals surface area contributed by atoms with Crippen molar-refractivity contribution >= 4 is 23.1 Å². The smallest absolute Gasteiger partial charge is 0.254 e. The first kappa shape index (κ1) is 32.0. The molecular formula is C44H35N5O6. The van der Waals surface area contributed by atoms with E-state index in [1.165, 1.54) is 5.56 Å². The number of fused-ring (bicyclic) bond motifs is 7. The van der Waals surface area contributed by atoms with Gasteiger partial charge in [0.2, 0.25) is 17.7 Å². The Labute approximate surface area is 315 Å². The van der Waals surface area contributed by atoms with Gasteiger partial charge >= 0.3 is 0 Å². The summed E-state index contributed by atoms with van der Waals surface area (Å²) in [5, 5.41) is 20.8. The monoisotopic (exact) mass is 729 g/mol. The zero-order valence-corrected chi connectivity index (χ0v) is 29.9. The molecule has 4 aromatic carbocycles. The minimum Gasteiger partial charge on any atom is -0.469 e. The van der Waals surface area contributed by atoms with Crippen LogP contribution in [0, 0.1) is 5.92 Å². The predicted molar refractivity (Wildman–Crippen MR) is 202 cm³/mol. The Bertz CT molecular complexity index is 2640. The number of nitrogens with one attached hydrogen (secondary N) is 3. The lowest BCUT2D eigenvalue weighted by Gasteiger charge is -2.29. The molecule has 5 aliphatic rings. The van der Waals surface area contributed by atoms with Crippen LogP contribution in [0.15, 0.2) is 106 Å². The summed E-state index contributed by atoms with van der Waals surface area (Å²) in [4.78, 5) is 37.8. The van der Waals surface area contributed by atoms with Gasteiger partial charge in [0.25, 0.3) is 5.91 Å². The van der Waals surface area contributed by atoms with Crippen LogP contribution in [0.1, 0.15) is 76.8 Å². The molecule has 5 atom stereocenters. The van der Waals surface area contributed by atoms with Gasteiger partial charge < -0.3 is 34.6 Å². The highest BCUT2D eigenvalue weighted by Crippen LogP contribution is 2.61. The van der Waals surface area contributed by atoms with Gasteiger partial charge in [0.05, 0.1) is 6.20 Å². The molecule has 1 spiro atoms. The zero-order valence-electron chi connectivity index (χ0n) is 29.9. The number of aromatic nitrogens is 2. The lowest BCUT2D eigenvalue weighted by atomic mass is 9.72. The molecule has 11 nitrogen and oxygen atoms in total. The normalized spacial score (nSPS) is 22.6. The average molecular weight is 730 g/mol. The highest BCUT2D eigenvalue weighted by Gasteiger charge is 2.61. The third kappa shape index (κ3) is 4.47. The van der Waals surface area contributed by atoms with Gasteiger partial charge in [0, 0.05) is 34.4 Å². The van der Waals surface area contributed by atoms with E-state index in [4.69, 9.17) is 23.5 Å². The molecule has 272 valence electrons. The van der Waals surface area contributed by atoms with Gasteiger partial charge in [-0.1, -0.05) is 98.8 Å². The number of para-hydroxylation sites is 1. The van der Waals surface area contributed by atoms with Crippen molar-refractivity contribution in [1.82, 2.24) is 20.6 Å². The number of aliphatic hydroxyl groups is 1. The molecule has 6 aromatic rings. The summed E-state index contributed by atoms with van der Waals surface area (Å²) in [5.74, 6) is 1.02. The Morgan fingerprint density at radius 1 is 0.964 bits per heavy atom. The number of ether oxygens (including phenoxy) is 1. The molecule has 2 amide bonds. The number of benzene rings is 4. The summed E-state index contributed by atoms with van der Waals surface area (Å²) in [7, 11) is 0. The standard InChI is InChI=1S/C44H35N5O6/c1-21(2)34-42-48-36-38(55-42)44-28-13-7-12-26(25-11-6-10-23-15-16-27(33(23)25)32-20-45-41(36)53-32)35(28)49-43(44)54-31-17-14-22(18-29(31)44)19-30(39(51)47-34)46-40(52)37(50)24-8-4-3-5-9-24/h3-14,16-18,20-21,30,34,37,43,49-50H,15,19H2,1-2H3,(H,46,52)(H,47,51)/t30?,34-,37-,43-,44?/m0/s1. The third-order valence-corrected chi connectivity index (χ3v) is 11.8. The number of carbonyl (C=O) groups is 2. The number of oxazole rings is 2. The number of nitrogens with zero attached hydrogens (tertiary/aromatic N) is 2. The van der Waals surface area contributed by atoms with Crippen LogP contribution < -0.4 is 20.7 Å². The zero-order chi connectivity index (χ0) is 37.2. The van der Waals surface area contributed by atoms with Gasteiger partial charge in [-0.2, -0.15) is 0 Å². The van der Waals surface area contributed by atoms with Gasteiger partial charge in [-0.05, 0) is 46.2 Å². The summed E-state index contributed by atoms with van der Waals surface area (Å²) >= 11 is 0. The molecule has 2 aromatic heterocycles. The molecule has 10 bridgehead atoms. The van der Waals surface area contributed by atoms with Crippen molar-refractivity contribution in [1.29, 1.82) is 0 Å². The van der Waals surface area contributed by atoms with Crippen LogP contribution >= 0.6 is 0 Å². The largest absolute Gasteiger partial charge is 0.469 e. The minimum atomic E-state index is -1.47. The molecule has 6 heterocycles. The van der Waals surface area contributed by atoms with Crippen molar-refractivity contribution in [3.8, 4) is 28.5 Å². The van der Waals surface area contributed by atoms with Crippen molar-refractivity contribution in [2.45, 2.75) is 56.5 Å². The summed E-state index contributed by atoms with van der Waals surface area (Å²) in [6.45, 7) is 3.94. The van der Waals surface area contributed by atoms with Crippen LogP contribution in [0.4, 0.5) is 5.69 Å². The Morgan fingerprint density at radius 2 is 1.80 bits per heavy atom. The summed E-state index contributed by atoms with van der Waals surface area (Å²) < 4.78 is 20.5. The van der Waals surface area contributed by atoms with Crippen LogP contribution in [0.5, 0.6) is 5.75 Å². The van der Waals surface area contributed by atoms with Gasteiger partial charge in [-0.3, -0.25) is 9.59 Å². The van der Waals surface area contributed by atoms with Crippen LogP contribution in [0.25, 0.3) is 28.3 Å². The Kier molecular flexibility index (Phi) is 6.71. The number of rotatable bonds is 4. The lowest BCUT2D eigenvalue weighted by molar-refractivity contribution is -0.134. The van der Waals surface area contributed by atoms with Crippen LogP contribution in [0.3, 0.4) is 0 Å². The van der Waals surface area contributed by atoms with E-state index < -0.39 is 41.6 Å². The van der Waals surface area contributed by atoms with E-state index in [1.807, 2.05) is 38.1 Å². The van der Waals surface area contributed by atoms with Gasteiger partial charge in [-0.25, -0.2) is 9.97 Å². The molecule has 2 unspecified atom stereocenters. The number of carbonyl (C=O) groups excluding carboxylic acids is 2. The number of aliphatic hydroxyl groups excluding tert-OH is 1. The topological polar surface area (TPSA) is 152 Å². The molecule has 0 saturated heterocycles. The maximum Gasteiger partial charge on any atom is 0.254 e. The number of hydrogen-bond donors (Lipinski definition) is 4.